The highest BCUT2D eigenvalue weighted by atomic mass is 19.4. The number of likely N-dealkylation sites (N-methyl/N-ethyl adjacent to an activating group) is 1. The van der Waals surface area contributed by atoms with E-state index in [-0.39, 0.29) is 17.3 Å². The van der Waals surface area contributed by atoms with Gasteiger partial charge in [0.05, 0.1) is 5.69 Å². The summed E-state index contributed by atoms with van der Waals surface area (Å²) in [5, 5.41) is 7.94. The zero-order valence-corrected chi connectivity index (χ0v) is 19.9. The fourth-order valence-corrected chi connectivity index (χ4v) is 3.77. The zero-order valence-electron chi connectivity index (χ0n) is 19.9. The Morgan fingerprint density at radius 3 is 2.41 bits per heavy atom. The topological polar surface area (TPSA) is 85.4 Å². The summed E-state index contributed by atoms with van der Waals surface area (Å²) >= 11 is 0. The molecule has 1 fully saturated rings. The summed E-state index contributed by atoms with van der Waals surface area (Å²) in [5.74, 6) is -1.59. The quantitative estimate of drug-likeness (QED) is 0.302. The van der Waals surface area contributed by atoms with Gasteiger partial charge in [-0.25, -0.2) is 9.37 Å². The third kappa shape index (κ3) is 6.53. The van der Waals surface area contributed by atoms with Crippen LogP contribution in [0.2, 0.25) is 0 Å². The Kier molecular flexibility index (Phi) is 7.58. The number of halogens is 4. The van der Waals surface area contributed by atoms with Crippen LogP contribution in [0.1, 0.15) is 5.56 Å². The van der Waals surface area contributed by atoms with Gasteiger partial charge in [-0.05, 0) is 49.5 Å². The van der Waals surface area contributed by atoms with Gasteiger partial charge < -0.3 is 25.8 Å². The van der Waals surface area contributed by atoms with Gasteiger partial charge in [-0.2, -0.15) is 18.2 Å². The molecule has 0 aliphatic carbocycles. The van der Waals surface area contributed by atoms with E-state index in [4.69, 9.17) is 0 Å². The van der Waals surface area contributed by atoms with Crippen LogP contribution < -0.4 is 20.9 Å². The van der Waals surface area contributed by atoms with Crippen LogP contribution in [-0.2, 0) is 11.0 Å². The Labute approximate surface area is 211 Å². The predicted molar refractivity (Wildman–Crippen MR) is 135 cm³/mol. The van der Waals surface area contributed by atoms with Crippen molar-refractivity contribution in [1.82, 2.24) is 14.9 Å². The molecular formula is C25H25F4N7O. The lowest BCUT2D eigenvalue weighted by molar-refractivity contribution is -0.137. The second kappa shape index (κ2) is 10.8. The maximum atomic E-state index is 14.8. The number of hydrogen-bond donors (Lipinski definition) is 3. The molecule has 4 rings (SSSR count). The largest absolute Gasteiger partial charge is 0.421 e. The summed E-state index contributed by atoms with van der Waals surface area (Å²) in [6.07, 6.45) is -3.01. The summed E-state index contributed by atoms with van der Waals surface area (Å²) in [4.78, 5) is 23.4. The number of rotatable bonds is 7. The standard InChI is InChI=1S/C25H25F4N7O/c1-3-22(37)31-16-5-4-6-17(13-16)32-23-19(25(27,28)29)15-30-24(34-23)33-18-7-8-21(20(26)14-18)36-11-9-35(2)10-12-36/h3-8,13-15H,1,9-12H2,2H3,(H,31,37)(H2,30,32,33,34). The zero-order chi connectivity index (χ0) is 26.6. The number of carbonyl (C=O) groups excluding carboxylic acids is 1. The molecule has 0 unspecified atom stereocenters. The van der Waals surface area contributed by atoms with Gasteiger partial charge in [0.25, 0.3) is 0 Å². The van der Waals surface area contributed by atoms with Crippen LogP contribution in [0.5, 0.6) is 0 Å². The van der Waals surface area contributed by atoms with E-state index >= 15 is 0 Å². The molecule has 0 radical (unpaired) electrons. The van der Waals surface area contributed by atoms with Gasteiger partial charge >= 0.3 is 6.18 Å². The normalized spacial score (nSPS) is 14.2. The lowest BCUT2D eigenvalue weighted by atomic mass is 10.2. The van der Waals surface area contributed by atoms with Crippen molar-refractivity contribution in [3.63, 3.8) is 0 Å². The molecule has 2 heterocycles. The fourth-order valence-electron chi connectivity index (χ4n) is 3.77. The predicted octanol–water partition coefficient (Wildman–Crippen LogP) is 5.00. The Balaban J connectivity index is 1.56. The van der Waals surface area contributed by atoms with Gasteiger partial charge in [-0.3, -0.25) is 4.79 Å². The molecule has 1 amide bonds. The van der Waals surface area contributed by atoms with E-state index in [1.807, 2.05) is 11.9 Å². The third-order valence-electron chi connectivity index (χ3n) is 5.72. The monoisotopic (exact) mass is 515 g/mol. The van der Waals surface area contributed by atoms with Crippen molar-refractivity contribution in [3.05, 3.63) is 72.7 Å². The SMILES string of the molecule is C=CC(=O)Nc1cccc(Nc2nc(Nc3ccc(N4CCN(C)CC4)c(F)c3)ncc2C(F)(F)F)c1. The average molecular weight is 516 g/mol. The van der Waals surface area contributed by atoms with E-state index in [1.54, 1.807) is 24.3 Å². The van der Waals surface area contributed by atoms with Gasteiger partial charge in [0.1, 0.15) is 17.2 Å². The van der Waals surface area contributed by atoms with Crippen molar-refractivity contribution >= 4 is 40.4 Å². The van der Waals surface area contributed by atoms with Crippen molar-refractivity contribution in [2.45, 2.75) is 6.18 Å². The number of aromatic nitrogens is 2. The van der Waals surface area contributed by atoms with Gasteiger partial charge in [0.2, 0.25) is 11.9 Å². The smallest absolute Gasteiger partial charge is 0.367 e. The maximum absolute atomic E-state index is 14.8. The summed E-state index contributed by atoms with van der Waals surface area (Å²) in [6.45, 7) is 6.38. The molecule has 37 heavy (non-hydrogen) atoms. The number of carbonyl (C=O) groups is 1. The van der Waals surface area contributed by atoms with E-state index in [0.717, 1.165) is 19.2 Å². The molecule has 0 saturated carbocycles. The molecule has 0 spiro atoms. The first-order valence-electron chi connectivity index (χ1n) is 11.4. The Morgan fingerprint density at radius 2 is 1.73 bits per heavy atom. The molecule has 1 saturated heterocycles. The molecule has 3 N–H and O–H groups in total. The van der Waals surface area contributed by atoms with Crippen LogP contribution in [0.25, 0.3) is 0 Å². The van der Waals surface area contributed by atoms with Crippen molar-refractivity contribution in [2.75, 3.05) is 54.1 Å². The summed E-state index contributed by atoms with van der Waals surface area (Å²) in [5.41, 5.74) is 0.259. The van der Waals surface area contributed by atoms with E-state index in [9.17, 15) is 22.4 Å². The summed E-state index contributed by atoms with van der Waals surface area (Å²) in [7, 11) is 2.01. The molecule has 3 aromatic rings. The molecule has 1 aliphatic heterocycles. The van der Waals surface area contributed by atoms with Gasteiger partial charge in [-0.15, -0.1) is 0 Å². The van der Waals surface area contributed by atoms with Crippen molar-refractivity contribution in [1.29, 1.82) is 0 Å². The number of alkyl halides is 3. The van der Waals surface area contributed by atoms with Crippen LogP contribution in [0.15, 0.2) is 61.3 Å². The molecule has 0 bridgehead atoms. The highest BCUT2D eigenvalue weighted by Gasteiger charge is 2.35. The van der Waals surface area contributed by atoms with Crippen LogP contribution in [0, 0.1) is 5.82 Å². The second-order valence-corrected chi connectivity index (χ2v) is 8.43. The Hall–Kier alpha value is -4.19. The highest BCUT2D eigenvalue weighted by Crippen LogP contribution is 2.36. The molecule has 1 aromatic heterocycles. The number of anilines is 6. The van der Waals surface area contributed by atoms with Crippen molar-refractivity contribution in [3.8, 4) is 0 Å². The minimum absolute atomic E-state index is 0.154. The number of nitrogens with zero attached hydrogens (tertiary/aromatic N) is 4. The number of nitrogens with one attached hydrogen (secondary N) is 3. The van der Waals surface area contributed by atoms with Crippen LogP contribution >= 0.6 is 0 Å². The minimum atomic E-state index is -4.73. The number of amides is 1. The lowest BCUT2D eigenvalue weighted by Gasteiger charge is -2.34. The number of benzene rings is 2. The fraction of sp³-hybridized carbons (Fsp3) is 0.240. The Morgan fingerprint density at radius 1 is 1.03 bits per heavy atom. The molecular weight excluding hydrogens is 490 g/mol. The van der Waals surface area contributed by atoms with Crippen LogP contribution in [0.4, 0.5) is 52.1 Å². The van der Waals surface area contributed by atoms with Crippen LogP contribution in [-0.4, -0.2) is 54.0 Å². The molecule has 1 aliphatic rings. The van der Waals surface area contributed by atoms with Crippen molar-refractivity contribution < 1.29 is 22.4 Å². The van der Waals surface area contributed by atoms with Crippen LogP contribution in [0.3, 0.4) is 0 Å². The van der Waals surface area contributed by atoms with E-state index in [0.29, 0.717) is 30.7 Å². The number of piperazine rings is 1. The highest BCUT2D eigenvalue weighted by molar-refractivity contribution is 5.99. The first kappa shape index (κ1) is 25.9. The maximum Gasteiger partial charge on any atom is 0.421 e. The van der Waals surface area contributed by atoms with E-state index in [1.165, 1.54) is 18.2 Å². The summed E-state index contributed by atoms with van der Waals surface area (Å²) in [6, 6.07) is 10.6. The second-order valence-electron chi connectivity index (χ2n) is 8.43. The van der Waals surface area contributed by atoms with Gasteiger partial charge in [0, 0.05) is 49.4 Å². The molecule has 194 valence electrons. The van der Waals surface area contributed by atoms with Gasteiger partial charge in [0.15, 0.2) is 0 Å². The third-order valence-corrected chi connectivity index (χ3v) is 5.72. The lowest BCUT2D eigenvalue weighted by Crippen LogP contribution is -2.44. The number of hydrogen-bond acceptors (Lipinski definition) is 7. The van der Waals surface area contributed by atoms with Crippen molar-refractivity contribution in [2.24, 2.45) is 0 Å². The molecule has 8 nitrogen and oxygen atoms in total. The van der Waals surface area contributed by atoms with E-state index < -0.39 is 29.3 Å². The first-order valence-corrected chi connectivity index (χ1v) is 11.4. The molecule has 12 heteroatoms. The minimum Gasteiger partial charge on any atom is -0.367 e. The van der Waals surface area contributed by atoms with E-state index in [2.05, 4.69) is 37.4 Å². The average Bonchev–Trinajstić information content (AvgIpc) is 2.84. The molecule has 0 atom stereocenters. The Bertz CT molecular complexity index is 1290. The summed E-state index contributed by atoms with van der Waals surface area (Å²) < 4.78 is 55.8. The molecule has 2 aromatic carbocycles. The van der Waals surface area contributed by atoms with Gasteiger partial charge in [-0.1, -0.05) is 12.6 Å². The first-order chi connectivity index (χ1) is 17.6.